The number of hydrogen-bond acceptors (Lipinski definition) is 6. The highest BCUT2D eigenvalue weighted by molar-refractivity contribution is 6.01. The molecular weight excluding hydrogens is 280 g/mol. The topological polar surface area (TPSA) is 99.0 Å². The first kappa shape index (κ1) is 14.8. The molecule has 8 heteroatoms. The second-order valence-corrected chi connectivity index (χ2v) is 4.42. The van der Waals surface area contributed by atoms with Crippen molar-refractivity contribution in [2.75, 3.05) is 18.6 Å². The number of anilines is 1. The number of nitrogens with zero attached hydrogens (tertiary/aromatic N) is 2. The van der Waals surface area contributed by atoms with Crippen LogP contribution in [0.25, 0.3) is 0 Å². The summed E-state index contributed by atoms with van der Waals surface area (Å²) in [5.74, 6) is -0.761. The van der Waals surface area contributed by atoms with Crippen LogP contribution in [0.2, 0.25) is 0 Å². The van der Waals surface area contributed by atoms with Gasteiger partial charge in [0.15, 0.2) is 11.9 Å². The number of non-ortho nitro benzene ring substituents is 1. The Morgan fingerprint density at radius 2 is 2.24 bits per heavy atom. The molecule has 1 aliphatic rings. The number of rotatable bonds is 4. The van der Waals surface area contributed by atoms with Gasteiger partial charge in [-0.05, 0) is 13.0 Å². The van der Waals surface area contributed by atoms with E-state index in [4.69, 9.17) is 9.47 Å². The summed E-state index contributed by atoms with van der Waals surface area (Å²) in [5.41, 5.74) is 0.275. The first-order chi connectivity index (χ1) is 9.93. The first-order valence-electron chi connectivity index (χ1n) is 6.32. The van der Waals surface area contributed by atoms with Gasteiger partial charge in [0.2, 0.25) is 0 Å². The lowest BCUT2D eigenvalue weighted by Crippen LogP contribution is -2.45. The highest BCUT2D eigenvalue weighted by atomic mass is 16.6. The van der Waals surface area contributed by atoms with Gasteiger partial charge in [-0.15, -0.1) is 0 Å². The van der Waals surface area contributed by atoms with E-state index in [0.29, 0.717) is 5.69 Å². The van der Waals surface area contributed by atoms with Crippen LogP contribution in [-0.2, 0) is 14.3 Å². The molecule has 1 aromatic rings. The number of carbonyl (C=O) groups is 2. The van der Waals surface area contributed by atoms with Crippen LogP contribution in [-0.4, -0.2) is 36.6 Å². The van der Waals surface area contributed by atoms with Crippen molar-refractivity contribution in [1.82, 2.24) is 0 Å². The van der Waals surface area contributed by atoms with Crippen LogP contribution < -0.4 is 9.64 Å². The van der Waals surface area contributed by atoms with Crippen molar-refractivity contribution < 1.29 is 24.0 Å². The summed E-state index contributed by atoms with van der Waals surface area (Å²) in [7, 11) is 1.52. The van der Waals surface area contributed by atoms with Crippen molar-refractivity contribution in [3.63, 3.8) is 0 Å². The number of benzene rings is 1. The van der Waals surface area contributed by atoms with Crippen LogP contribution in [0.5, 0.6) is 5.75 Å². The van der Waals surface area contributed by atoms with Crippen molar-refractivity contribution in [2.45, 2.75) is 19.4 Å². The van der Waals surface area contributed by atoms with Crippen LogP contribution >= 0.6 is 0 Å². The van der Waals surface area contributed by atoms with E-state index in [0.717, 1.165) is 0 Å². The van der Waals surface area contributed by atoms with Gasteiger partial charge >= 0.3 is 5.97 Å². The monoisotopic (exact) mass is 294 g/mol. The SMILES string of the molecule is CCOC(=O)CC1Oc2cc([N+](=O)[O-])ccc2N(C)C1=O. The maximum Gasteiger partial charge on any atom is 0.310 e. The van der Waals surface area contributed by atoms with E-state index >= 15 is 0 Å². The minimum atomic E-state index is -1.04. The fourth-order valence-corrected chi connectivity index (χ4v) is 2.03. The van der Waals surface area contributed by atoms with E-state index in [1.54, 1.807) is 6.92 Å². The summed E-state index contributed by atoms with van der Waals surface area (Å²) in [5, 5.41) is 10.8. The molecule has 1 amide bonds. The molecule has 0 saturated carbocycles. The molecule has 0 aromatic heterocycles. The van der Waals surface area contributed by atoms with Gasteiger partial charge in [-0.1, -0.05) is 0 Å². The Kier molecular flexibility index (Phi) is 4.06. The molecule has 0 spiro atoms. The average molecular weight is 294 g/mol. The normalized spacial score (nSPS) is 17.0. The Bertz CT molecular complexity index is 600. The maximum absolute atomic E-state index is 12.1. The number of nitro groups is 1. The van der Waals surface area contributed by atoms with Gasteiger partial charge in [0.25, 0.3) is 11.6 Å². The number of carbonyl (C=O) groups excluding carboxylic acids is 2. The van der Waals surface area contributed by atoms with Crippen LogP contribution in [0.15, 0.2) is 18.2 Å². The summed E-state index contributed by atoms with van der Waals surface area (Å²) >= 11 is 0. The van der Waals surface area contributed by atoms with Gasteiger partial charge in [0.1, 0.15) is 0 Å². The fourth-order valence-electron chi connectivity index (χ4n) is 2.03. The molecule has 0 saturated heterocycles. The molecule has 1 heterocycles. The molecule has 0 N–H and O–H groups in total. The van der Waals surface area contributed by atoms with E-state index in [1.807, 2.05) is 0 Å². The molecule has 0 fully saturated rings. The molecule has 0 radical (unpaired) electrons. The molecule has 1 unspecified atom stereocenters. The second kappa shape index (κ2) is 5.78. The fraction of sp³-hybridized carbons (Fsp3) is 0.385. The van der Waals surface area contributed by atoms with Crippen molar-refractivity contribution in [2.24, 2.45) is 0 Å². The van der Waals surface area contributed by atoms with Crippen LogP contribution in [0.4, 0.5) is 11.4 Å². The van der Waals surface area contributed by atoms with Gasteiger partial charge in [-0.25, -0.2) is 0 Å². The van der Waals surface area contributed by atoms with Crippen molar-refractivity contribution in [1.29, 1.82) is 0 Å². The van der Waals surface area contributed by atoms with Gasteiger partial charge in [0, 0.05) is 13.1 Å². The van der Waals surface area contributed by atoms with Gasteiger partial charge in [-0.3, -0.25) is 19.7 Å². The smallest absolute Gasteiger partial charge is 0.310 e. The zero-order valence-corrected chi connectivity index (χ0v) is 11.6. The number of hydrogen-bond donors (Lipinski definition) is 0. The van der Waals surface area contributed by atoms with Gasteiger partial charge in [-0.2, -0.15) is 0 Å². The largest absolute Gasteiger partial charge is 0.477 e. The zero-order valence-electron chi connectivity index (χ0n) is 11.6. The number of amides is 1. The van der Waals surface area contributed by atoms with E-state index in [1.165, 1.54) is 30.1 Å². The maximum atomic E-state index is 12.1. The highest BCUT2D eigenvalue weighted by Gasteiger charge is 2.35. The summed E-state index contributed by atoms with van der Waals surface area (Å²) in [6, 6.07) is 3.96. The Morgan fingerprint density at radius 1 is 1.52 bits per heavy atom. The zero-order chi connectivity index (χ0) is 15.6. The average Bonchev–Trinajstić information content (AvgIpc) is 2.44. The molecule has 0 aliphatic carbocycles. The summed E-state index contributed by atoms with van der Waals surface area (Å²) in [6.45, 7) is 1.86. The molecule has 1 aromatic carbocycles. The summed E-state index contributed by atoms with van der Waals surface area (Å²) in [4.78, 5) is 35.1. The molecule has 112 valence electrons. The third-order valence-corrected chi connectivity index (χ3v) is 3.05. The van der Waals surface area contributed by atoms with Crippen molar-refractivity contribution in [3.05, 3.63) is 28.3 Å². The molecular formula is C13H14N2O6. The predicted molar refractivity (Wildman–Crippen MR) is 72.2 cm³/mol. The Balaban J connectivity index is 2.27. The lowest BCUT2D eigenvalue weighted by Gasteiger charge is -2.31. The van der Waals surface area contributed by atoms with E-state index < -0.39 is 22.9 Å². The minimum Gasteiger partial charge on any atom is -0.477 e. The van der Waals surface area contributed by atoms with Crippen LogP contribution in [0, 0.1) is 10.1 Å². The summed E-state index contributed by atoms with van der Waals surface area (Å²) in [6.07, 6.45) is -1.28. The van der Waals surface area contributed by atoms with Gasteiger partial charge < -0.3 is 14.4 Å². The quantitative estimate of drug-likeness (QED) is 0.471. The number of ether oxygens (including phenoxy) is 2. The Hall–Kier alpha value is -2.64. The van der Waals surface area contributed by atoms with E-state index in [-0.39, 0.29) is 24.5 Å². The van der Waals surface area contributed by atoms with Crippen molar-refractivity contribution >= 4 is 23.3 Å². The van der Waals surface area contributed by atoms with Crippen LogP contribution in [0.1, 0.15) is 13.3 Å². The second-order valence-electron chi connectivity index (χ2n) is 4.42. The number of likely N-dealkylation sites (N-methyl/N-ethyl adjacent to an activating group) is 1. The van der Waals surface area contributed by atoms with Gasteiger partial charge in [0.05, 0.1) is 29.7 Å². The molecule has 1 atom stereocenters. The Labute approximate surface area is 120 Å². The minimum absolute atomic E-state index is 0.147. The number of fused-ring (bicyclic) bond motifs is 1. The molecule has 0 bridgehead atoms. The third kappa shape index (κ3) is 2.93. The van der Waals surface area contributed by atoms with Crippen molar-refractivity contribution in [3.8, 4) is 5.75 Å². The Morgan fingerprint density at radius 3 is 2.86 bits per heavy atom. The highest BCUT2D eigenvalue weighted by Crippen LogP contribution is 2.36. The predicted octanol–water partition coefficient (Wildman–Crippen LogP) is 1.27. The third-order valence-electron chi connectivity index (χ3n) is 3.05. The molecule has 8 nitrogen and oxygen atoms in total. The van der Waals surface area contributed by atoms with E-state index in [9.17, 15) is 19.7 Å². The lowest BCUT2D eigenvalue weighted by atomic mass is 10.1. The molecule has 21 heavy (non-hydrogen) atoms. The van der Waals surface area contributed by atoms with E-state index in [2.05, 4.69) is 0 Å². The molecule has 2 rings (SSSR count). The summed E-state index contributed by atoms with van der Waals surface area (Å²) < 4.78 is 10.2. The first-order valence-corrected chi connectivity index (χ1v) is 6.32. The number of nitro benzene ring substituents is 1. The molecule has 1 aliphatic heterocycles. The van der Waals surface area contributed by atoms with Crippen LogP contribution in [0.3, 0.4) is 0 Å². The standard InChI is InChI=1S/C13H14N2O6/c1-3-20-12(16)7-11-13(17)14(2)9-5-4-8(15(18)19)6-10(9)21-11/h4-6,11H,3,7H2,1-2H3. The number of esters is 1. The lowest BCUT2D eigenvalue weighted by molar-refractivity contribution is -0.384.